The van der Waals surface area contributed by atoms with Gasteiger partial charge < -0.3 is 5.32 Å². The zero-order valence-corrected chi connectivity index (χ0v) is 10.5. The summed E-state index contributed by atoms with van der Waals surface area (Å²) < 4.78 is 37.0. The van der Waals surface area contributed by atoms with Crippen LogP contribution in [-0.2, 0) is 17.5 Å². The van der Waals surface area contributed by atoms with Crippen LogP contribution in [0.15, 0.2) is 24.3 Å². The molecule has 0 saturated heterocycles. The molecule has 0 unspecified atom stereocenters. The van der Waals surface area contributed by atoms with Crippen LogP contribution in [-0.4, -0.2) is 5.91 Å². The van der Waals surface area contributed by atoms with Crippen LogP contribution in [0.2, 0.25) is 0 Å². The Morgan fingerprint density at radius 2 is 1.79 bits per heavy atom. The first kappa shape index (κ1) is 15.0. The van der Waals surface area contributed by atoms with Crippen molar-refractivity contribution in [1.29, 1.82) is 5.26 Å². The first-order chi connectivity index (χ1) is 8.66. The third-order valence-electron chi connectivity index (χ3n) is 2.58. The van der Waals surface area contributed by atoms with Crippen molar-refractivity contribution in [2.75, 3.05) is 0 Å². The second kappa shape index (κ2) is 5.31. The van der Waals surface area contributed by atoms with Gasteiger partial charge in [-0.25, -0.2) is 0 Å². The Balaban J connectivity index is 2.66. The van der Waals surface area contributed by atoms with Crippen LogP contribution in [0.3, 0.4) is 0 Å². The number of nitriles is 1. The molecule has 0 saturated carbocycles. The minimum atomic E-state index is -4.37. The Bertz CT molecular complexity index is 498. The van der Waals surface area contributed by atoms with Crippen molar-refractivity contribution in [3.05, 3.63) is 35.4 Å². The Hall–Kier alpha value is -2.03. The molecule has 0 aliphatic heterocycles. The number of hydrogen-bond donors (Lipinski definition) is 1. The van der Waals surface area contributed by atoms with Gasteiger partial charge in [0, 0.05) is 6.54 Å². The fourth-order valence-electron chi connectivity index (χ4n) is 1.27. The van der Waals surface area contributed by atoms with Crippen molar-refractivity contribution in [3.8, 4) is 6.07 Å². The zero-order chi connectivity index (χ0) is 14.7. The standard InChI is InChI=1S/C13H13F3N2O/c1-12(2,8-17)11(19)18-7-9-3-5-10(6-4-9)13(14,15)16/h3-6H,7H2,1-2H3,(H,18,19). The van der Waals surface area contributed by atoms with Crippen molar-refractivity contribution < 1.29 is 18.0 Å². The molecule has 1 amide bonds. The van der Waals surface area contributed by atoms with Gasteiger partial charge in [0.25, 0.3) is 0 Å². The van der Waals surface area contributed by atoms with E-state index in [0.29, 0.717) is 5.56 Å². The molecule has 0 fully saturated rings. The molecule has 6 heteroatoms. The smallest absolute Gasteiger partial charge is 0.351 e. The SMILES string of the molecule is CC(C)(C#N)C(=O)NCc1ccc(C(F)(F)F)cc1. The van der Waals surface area contributed by atoms with Gasteiger partial charge in [-0.3, -0.25) is 4.79 Å². The second-order valence-electron chi connectivity index (χ2n) is 4.61. The fraction of sp³-hybridized carbons (Fsp3) is 0.385. The average molecular weight is 270 g/mol. The molecule has 0 spiro atoms. The van der Waals surface area contributed by atoms with Crippen molar-refractivity contribution >= 4 is 5.91 Å². The highest BCUT2D eigenvalue weighted by atomic mass is 19.4. The van der Waals surface area contributed by atoms with E-state index in [2.05, 4.69) is 5.32 Å². The summed E-state index contributed by atoms with van der Waals surface area (Å²) in [6.07, 6.45) is -4.37. The van der Waals surface area contributed by atoms with Gasteiger partial charge in [-0.15, -0.1) is 0 Å². The molecule has 3 nitrogen and oxygen atoms in total. The van der Waals surface area contributed by atoms with E-state index in [0.717, 1.165) is 12.1 Å². The van der Waals surface area contributed by atoms with Gasteiger partial charge in [0.05, 0.1) is 11.6 Å². The highest BCUT2D eigenvalue weighted by Gasteiger charge is 2.30. The van der Waals surface area contributed by atoms with Crippen molar-refractivity contribution in [2.24, 2.45) is 5.41 Å². The van der Waals surface area contributed by atoms with E-state index in [1.807, 2.05) is 6.07 Å². The van der Waals surface area contributed by atoms with Gasteiger partial charge in [-0.1, -0.05) is 12.1 Å². The van der Waals surface area contributed by atoms with Gasteiger partial charge in [0.2, 0.25) is 5.91 Å². The van der Waals surface area contributed by atoms with E-state index in [1.54, 1.807) is 0 Å². The Morgan fingerprint density at radius 3 is 2.21 bits per heavy atom. The van der Waals surface area contributed by atoms with Crippen molar-refractivity contribution in [3.63, 3.8) is 0 Å². The first-order valence-electron chi connectivity index (χ1n) is 5.52. The molecule has 0 atom stereocenters. The van der Waals surface area contributed by atoms with Gasteiger partial charge >= 0.3 is 6.18 Å². The Labute approximate surface area is 109 Å². The highest BCUT2D eigenvalue weighted by Crippen LogP contribution is 2.29. The molecule has 0 bridgehead atoms. The summed E-state index contributed by atoms with van der Waals surface area (Å²) in [6, 6.07) is 6.34. The van der Waals surface area contributed by atoms with E-state index >= 15 is 0 Å². The molecule has 0 aliphatic rings. The van der Waals surface area contributed by atoms with E-state index in [9.17, 15) is 18.0 Å². The number of amides is 1. The molecule has 1 N–H and O–H groups in total. The molecule has 102 valence electrons. The molecule has 1 rings (SSSR count). The number of carbonyl (C=O) groups is 1. The average Bonchev–Trinajstić information content (AvgIpc) is 2.35. The largest absolute Gasteiger partial charge is 0.416 e. The van der Waals surface area contributed by atoms with E-state index < -0.39 is 23.1 Å². The maximum absolute atomic E-state index is 12.3. The van der Waals surface area contributed by atoms with E-state index in [4.69, 9.17) is 5.26 Å². The van der Waals surface area contributed by atoms with Gasteiger partial charge in [-0.2, -0.15) is 18.4 Å². The van der Waals surface area contributed by atoms with Crippen LogP contribution in [0.4, 0.5) is 13.2 Å². The van der Waals surface area contributed by atoms with Crippen molar-refractivity contribution in [2.45, 2.75) is 26.6 Å². The maximum Gasteiger partial charge on any atom is 0.416 e. The Kier molecular flexibility index (Phi) is 4.20. The van der Waals surface area contributed by atoms with Crippen LogP contribution in [0, 0.1) is 16.7 Å². The highest BCUT2D eigenvalue weighted by molar-refractivity contribution is 5.84. The van der Waals surface area contributed by atoms with Crippen LogP contribution < -0.4 is 5.32 Å². The number of carbonyl (C=O) groups excluding carboxylic acids is 1. The summed E-state index contributed by atoms with van der Waals surface area (Å²) in [6.45, 7) is 3.02. The third kappa shape index (κ3) is 3.98. The monoisotopic (exact) mass is 270 g/mol. The van der Waals surface area contributed by atoms with Crippen LogP contribution in [0.25, 0.3) is 0 Å². The van der Waals surface area contributed by atoms with E-state index in [1.165, 1.54) is 26.0 Å². The summed E-state index contributed by atoms with van der Waals surface area (Å²) in [4.78, 5) is 11.6. The molecular weight excluding hydrogens is 257 g/mol. The lowest BCUT2D eigenvalue weighted by molar-refractivity contribution is -0.137. The molecule has 0 aliphatic carbocycles. The second-order valence-corrected chi connectivity index (χ2v) is 4.61. The van der Waals surface area contributed by atoms with Crippen LogP contribution >= 0.6 is 0 Å². The van der Waals surface area contributed by atoms with Crippen LogP contribution in [0.5, 0.6) is 0 Å². The minimum Gasteiger partial charge on any atom is -0.351 e. The lowest BCUT2D eigenvalue weighted by Gasteiger charge is -2.15. The lowest BCUT2D eigenvalue weighted by Crippen LogP contribution is -2.35. The molecule has 0 aromatic heterocycles. The number of nitrogens with zero attached hydrogens (tertiary/aromatic N) is 1. The predicted octanol–water partition coefficient (Wildman–Crippen LogP) is 2.87. The molecule has 1 aromatic carbocycles. The molecule has 0 radical (unpaired) electrons. The van der Waals surface area contributed by atoms with E-state index in [-0.39, 0.29) is 6.54 Å². The summed E-state index contributed by atoms with van der Waals surface area (Å²) in [5.74, 6) is -0.463. The summed E-state index contributed by atoms with van der Waals surface area (Å²) in [7, 11) is 0. The number of benzene rings is 1. The number of rotatable bonds is 3. The lowest BCUT2D eigenvalue weighted by atomic mass is 9.94. The topological polar surface area (TPSA) is 52.9 Å². The number of hydrogen-bond acceptors (Lipinski definition) is 2. The zero-order valence-electron chi connectivity index (χ0n) is 10.5. The minimum absolute atomic E-state index is 0.0854. The maximum atomic E-state index is 12.3. The van der Waals surface area contributed by atoms with Crippen LogP contribution in [0.1, 0.15) is 25.0 Å². The fourth-order valence-corrected chi connectivity index (χ4v) is 1.27. The summed E-state index contributed by atoms with van der Waals surface area (Å²) in [5, 5.41) is 11.3. The quantitative estimate of drug-likeness (QED) is 0.918. The normalized spacial score (nSPS) is 11.8. The third-order valence-corrected chi connectivity index (χ3v) is 2.58. The molecule has 1 aromatic rings. The molecular formula is C13H13F3N2O. The number of nitrogens with one attached hydrogen (secondary N) is 1. The Morgan fingerprint density at radius 1 is 1.26 bits per heavy atom. The predicted molar refractivity (Wildman–Crippen MR) is 62.7 cm³/mol. The first-order valence-corrected chi connectivity index (χ1v) is 5.52. The number of halogens is 3. The number of alkyl halides is 3. The van der Waals surface area contributed by atoms with Gasteiger partial charge in [0.15, 0.2) is 0 Å². The van der Waals surface area contributed by atoms with Gasteiger partial charge in [0.1, 0.15) is 5.41 Å². The van der Waals surface area contributed by atoms with Crippen molar-refractivity contribution in [1.82, 2.24) is 5.32 Å². The summed E-state index contributed by atoms with van der Waals surface area (Å²) >= 11 is 0. The molecule has 0 heterocycles. The van der Waals surface area contributed by atoms with Gasteiger partial charge in [-0.05, 0) is 31.5 Å². The molecule has 19 heavy (non-hydrogen) atoms. The summed E-state index contributed by atoms with van der Waals surface area (Å²) in [5.41, 5.74) is -1.36.